The van der Waals surface area contributed by atoms with Gasteiger partial charge in [0.1, 0.15) is 17.8 Å². The number of nitrogens with zero attached hydrogens (tertiary/aromatic N) is 6. The fraction of sp³-hybridized carbons (Fsp3) is 0.318. The van der Waals surface area contributed by atoms with Crippen LogP contribution in [-0.4, -0.2) is 63.1 Å². The molecule has 0 radical (unpaired) electrons. The van der Waals surface area contributed by atoms with Crippen molar-refractivity contribution in [1.29, 1.82) is 0 Å². The highest BCUT2D eigenvalue weighted by Gasteiger charge is 2.37. The predicted octanol–water partition coefficient (Wildman–Crippen LogP) is 0.829. The van der Waals surface area contributed by atoms with Gasteiger partial charge in [0.2, 0.25) is 17.8 Å². The number of rotatable bonds is 4. The van der Waals surface area contributed by atoms with Crippen molar-refractivity contribution in [2.24, 2.45) is 7.05 Å². The summed E-state index contributed by atoms with van der Waals surface area (Å²) in [5.41, 5.74) is 9.01. The molecular formula is C22H23N9O4. The lowest BCUT2D eigenvalue weighted by atomic mass is 10.1. The van der Waals surface area contributed by atoms with E-state index in [1.807, 2.05) is 42.9 Å². The minimum absolute atomic E-state index is 0.0521. The van der Waals surface area contributed by atoms with Crippen LogP contribution < -0.4 is 16.6 Å². The minimum atomic E-state index is -0.896. The first-order valence-electron chi connectivity index (χ1n) is 11.0. The number of pyridine rings is 1. The van der Waals surface area contributed by atoms with Crippen molar-refractivity contribution in [2.45, 2.75) is 31.8 Å². The molecule has 4 aromatic heterocycles. The van der Waals surface area contributed by atoms with E-state index in [9.17, 15) is 15.0 Å². The second-order valence-electron chi connectivity index (χ2n) is 8.68. The number of aromatic amines is 1. The Kier molecular flexibility index (Phi) is 4.74. The van der Waals surface area contributed by atoms with E-state index < -0.39 is 24.0 Å². The van der Waals surface area contributed by atoms with Gasteiger partial charge in [-0.15, -0.1) is 0 Å². The summed E-state index contributed by atoms with van der Waals surface area (Å²) in [6, 6.07) is 5.91. The van der Waals surface area contributed by atoms with Crippen LogP contribution in [0.5, 0.6) is 0 Å². The molecule has 5 heterocycles. The SMILES string of the molecule is Cc1cnc2ccc3c(nc(Nc4nc5c(=O)[nH]c(N)nc5n4[C@H]4C[C@H](O)[C@@H](CO)O4)n3C)c2c1. The van der Waals surface area contributed by atoms with Gasteiger partial charge in [-0.05, 0) is 30.7 Å². The lowest BCUT2D eigenvalue weighted by Crippen LogP contribution is -2.24. The van der Waals surface area contributed by atoms with Crippen LogP contribution in [0.4, 0.5) is 17.8 Å². The summed E-state index contributed by atoms with van der Waals surface area (Å²) in [4.78, 5) is 33.0. The Labute approximate surface area is 197 Å². The molecule has 0 bridgehead atoms. The van der Waals surface area contributed by atoms with Crippen LogP contribution >= 0.6 is 0 Å². The fourth-order valence-corrected chi connectivity index (χ4v) is 4.57. The van der Waals surface area contributed by atoms with E-state index >= 15 is 0 Å². The number of benzene rings is 1. The fourth-order valence-electron chi connectivity index (χ4n) is 4.57. The maximum Gasteiger partial charge on any atom is 0.280 e. The van der Waals surface area contributed by atoms with Gasteiger partial charge in [-0.1, -0.05) is 0 Å². The summed E-state index contributed by atoms with van der Waals surface area (Å²) in [5.74, 6) is 0.619. The van der Waals surface area contributed by atoms with Gasteiger partial charge < -0.3 is 25.3 Å². The largest absolute Gasteiger partial charge is 0.394 e. The number of aliphatic hydroxyl groups is 2. The van der Waals surface area contributed by atoms with Crippen molar-refractivity contribution in [3.8, 4) is 0 Å². The van der Waals surface area contributed by atoms with Crippen molar-refractivity contribution >= 4 is 50.9 Å². The number of aliphatic hydroxyl groups excluding tert-OH is 2. The third kappa shape index (κ3) is 3.31. The molecule has 0 saturated carbocycles. The Morgan fingerprint density at radius 1 is 1.26 bits per heavy atom. The number of nitrogens with one attached hydrogen (secondary N) is 2. The second-order valence-corrected chi connectivity index (χ2v) is 8.68. The number of aryl methyl sites for hydroxylation is 2. The summed E-state index contributed by atoms with van der Waals surface area (Å²) < 4.78 is 9.28. The molecule has 13 nitrogen and oxygen atoms in total. The molecular weight excluding hydrogens is 454 g/mol. The first-order chi connectivity index (χ1) is 16.8. The number of nitrogen functional groups attached to an aromatic ring is 1. The third-order valence-corrected chi connectivity index (χ3v) is 6.31. The first-order valence-corrected chi connectivity index (χ1v) is 11.0. The molecule has 3 atom stereocenters. The smallest absolute Gasteiger partial charge is 0.280 e. The number of hydrogen-bond donors (Lipinski definition) is 5. The standard InChI is InChI=1S/C22H23N9O4/c1-9-5-10-11(24-7-9)3-4-12-16(10)25-21(30(12)2)29-22-26-17-18(27-20(23)28-19(17)34)31(22)15-6-13(33)14(8-32)35-15/h3-5,7,13-15,32-33H,6,8H2,1-2H3,(H,25,26,29)(H3,23,27,28,34)/t13-,14+,15+/m0/s1. The van der Waals surface area contributed by atoms with Crippen molar-refractivity contribution in [3.05, 3.63) is 40.3 Å². The Balaban J connectivity index is 1.52. The number of hydrogen-bond acceptors (Lipinski definition) is 10. The highest BCUT2D eigenvalue weighted by atomic mass is 16.5. The highest BCUT2D eigenvalue weighted by Crippen LogP contribution is 2.35. The van der Waals surface area contributed by atoms with Gasteiger partial charge >= 0.3 is 0 Å². The van der Waals surface area contributed by atoms with Gasteiger partial charge in [-0.25, -0.2) is 9.97 Å². The van der Waals surface area contributed by atoms with Gasteiger partial charge in [-0.2, -0.15) is 4.98 Å². The summed E-state index contributed by atoms with van der Waals surface area (Å²) in [6.07, 6.45) is -0.441. The molecule has 6 N–H and O–H groups in total. The molecule has 13 heteroatoms. The number of imidazole rings is 2. The summed E-state index contributed by atoms with van der Waals surface area (Å²) in [5, 5.41) is 24.0. The number of aromatic nitrogens is 7. The van der Waals surface area contributed by atoms with E-state index in [-0.39, 0.29) is 36.1 Å². The van der Waals surface area contributed by atoms with E-state index in [0.717, 1.165) is 27.5 Å². The lowest BCUT2D eigenvalue weighted by molar-refractivity contribution is -0.0425. The van der Waals surface area contributed by atoms with Gasteiger partial charge in [0.15, 0.2) is 11.2 Å². The molecule has 0 amide bonds. The van der Waals surface area contributed by atoms with Gasteiger partial charge in [0.05, 0.1) is 23.7 Å². The van der Waals surface area contributed by atoms with Crippen molar-refractivity contribution in [3.63, 3.8) is 0 Å². The van der Waals surface area contributed by atoms with Crippen molar-refractivity contribution < 1.29 is 14.9 Å². The zero-order valence-electron chi connectivity index (χ0n) is 18.9. The maximum absolute atomic E-state index is 12.6. The molecule has 1 aliphatic heterocycles. The molecule has 35 heavy (non-hydrogen) atoms. The van der Waals surface area contributed by atoms with Crippen LogP contribution in [0, 0.1) is 6.92 Å². The number of fused-ring (bicyclic) bond motifs is 4. The third-order valence-electron chi connectivity index (χ3n) is 6.31. The zero-order chi connectivity index (χ0) is 24.4. The lowest BCUT2D eigenvalue weighted by Gasteiger charge is -2.17. The molecule has 1 saturated heterocycles. The van der Waals surface area contributed by atoms with Crippen molar-refractivity contribution in [2.75, 3.05) is 17.7 Å². The summed E-state index contributed by atoms with van der Waals surface area (Å²) in [7, 11) is 1.86. The van der Waals surface area contributed by atoms with Crippen LogP contribution in [0.15, 0.2) is 29.2 Å². The van der Waals surface area contributed by atoms with Crippen molar-refractivity contribution in [1.82, 2.24) is 34.1 Å². The van der Waals surface area contributed by atoms with E-state index in [0.29, 0.717) is 5.95 Å². The predicted molar refractivity (Wildman–Crippen MR) is 128 cm³/mol. The Morgan fingerprint density at radius 2 is 2.06 bits per heavy atom. The Morgan fingerprint density at radius 3 is 2.83 bits per heavy atom. The maximum atomic E-state index is 12.6. The molecule has 5 aromatic rings. The van der Waals surface area contributed by atoms with Crippen LogP contribution in [0.2, 0.25) is 0 Å². The Hall–Kier alpha value is -4.07. The van der Waals surface area contributed by atoms with Gasteiger partial charge in [0, 0.05) is 25.1 Å². The molecule has 0 unspecified atom stereocenters. The molecule has 180 valence electrons. The molecule has 0 aliphatic carbocycles. The van der Waals surface area contributed by atoms with E-state index in [4.69, 9.17) is 15.5 Å². The first kappa shape index (κ1) is 21.5. The summed E-state index contributed by atoms with van der Waals surface area (Å²) in [6.45, 7) is 1.62. The van der Waals surface area contributed by atoms with Crippen LogP contribution in [-0.2, 0) is 11.8 Å². The normalized spacial score (nSPS) is 20.4. The number of nitrogens with two attached hydrogens (primary N) is 1. The number of ether oxygens (including phenoxy) is 1. The second kappa shape index (κ2) is 7.73. The minimum Gasteiger partial charge on any atom is -0.394 e. The summed E-state index contributed by atoms with van der Waals surface area (Å²) >= 11 is 0. The van der Waals surface area contributed by atoms with E-state index in [1.165, 1.54) is 0 Å². The monoisotopic (exact) mass is 477 g/mol. The number of anilines is 3. The van der Waals surface area contributed by atoms with E-state index in [2.05, 4.69) is 25.3 Å². The van der Waals surface area contributed by atoms with Gasteiger partial charge in [-0.3, -0.25) is 24.6 Å². The quantitative estimate of drug-likeness (QED) is 0.248. The average molecular weight is 477 g/mol. The van der Waals surface area contributed by atoms with E-state index in [1.54, 1.807) is 4.57 Å². The Bertz CT molecular complexity index is 1670. The number of H-pyrrole nitrogens is 1. The molecule has 1 aromatic carbocycles. The zero-order valence-corrected chi connectivity index (χ0v) is 18.9. The molecule has 6 rings (SSSR count). The van der Waals surface area contributed by atoms with Crippen LogP contribution in [0.1, 0.15) is 18.2 Å². The van der Waals surface area contributed by atoms with Gasteiger partial charge in [0.25, 0.3) is 5.56 Å². The molecule has 1 fully saturated rings. The highest BCUT2D eigenvalue weighted by molar-refractivity contribution is 6.03. The molecule has 1 aliphatic rings. The molecule has 0 spiro atoms. The van der Waals surface area contributed by atoms with Crippen LogP contribution in [0.3, 0.4) is 0 Å². The topological polar surface area (TPSA) is 182 Å². The average Bonchev–Trinajstić information content (AvgIpc) is 3.47. The van der Waals surface area contributed by atoms with Crippen LogP contribution in [0.25, 0.3) is 33.1 Å².